The molecule has 1 aliphatic heterocycles. The number of nitrogens with zero attached hydrogens (tertiary/aromatic N) is 2. The Morgan fingerprint density at radius 1 is 1.48 bits per heavy atom. The van der Waals surface area contributed by atoms with Crippen molar-refractivity contribution in [3.8, 4) is 0 Å². The van der Waals surface area contributed by atoms with Crippen LogP contribution < -0.4 is 10.6 Å². The van der Waals surface area contributed by atoms with Crippen LogP contribution in [-0.2, 0) is 22.2 Å². The van der Waals surface area contributed by atoms with Crippen molar-refractivity contribution in [1.29, 1.82) is 0 Å². The van der Waals surface area contributed by atoms with Gasteiger partial charge in [0.15, 0.2) is 11.7 Å². The lowest BCUT2D eigenvalue weighted by molar-refractivity contribution is -0.140. The molecule has 1 saturated heterocycles. The van der Waals surface area contributed by atoms with E-state index >= 15 is 0 Å². The van der Waals surface area contributed by atoms with Gasteiger partial charge in [0.1, 0.15) is 5.01 Å². The number of halogens is 3. The normalized spacial score (nSPS) is 18.6. The number of aromatic nitrogens is 1. The fraction of sp³-hybridized carbons (Fsp3) is 0.733. The largest absolute Gasteiger partial charge is 0.434 e. The summed E-state index contributed by atoms with van der Waals surface area (Å²) in [6.45, 7) is 2.90. The van der Waals surface area contributed by atoms with Crippen molar-refractivity contribution in [1.82, 2.24) is 15.6 Å². The second-order valence-electron chi connectivity index (χ2n) is 5.54. The molecule has 2 rings (SSSR count). The summed E-state index contributed by atoms with van der Waals surface area (Å²) in [5.41, 5.74) is -0.861. The minimum absolute atomic E-state index is 0.190. The third kappa shape index (κ3) is 7.17. The molecule has 0 bridgehead atoms. The Bertz CT molecular complexity index is 545. The Morgan fingerprint density at radius 2 is 2.32 bits per heavy atom. The Kier molecular flexibility index (Phi) is 7.91. The Hall–Kier alpha value is -1.39. The molecule has 6 nitrogen and oxygen atoms in total. The molecule has 0 aliphatic carbocycles. The molecule has 10 heteroatoms. The number of aliphatic imine (C=N–C) groups is 1. The van der Waals surface area contributed by atoms with Crippen molar-refractivity contribution in [2.75, 3.05) is 33.4 Å². The molecule has 0 aromatic carbocycles. The number of rotatable bonds is 8. The van der Waals surface area contributed by atoms with Crippen LogP contribution in [-0.4, -0.2) is 50.5 Å². The summed E-state index contributed by atoms with van der Waals surface area (Å²) in [5, 5.41) is 7.40. The van der Waals surface area contributed by atoms with Crippen LogP contribution in [0.5, 0.6) is 0 Å². The zero-order chi connectivity index (χ0) is 18.1. The molecule has 2 N–H and O–H groups in total. The average molecular weight is 380 g/mol. The van der Waals surface area contributed by atoms with Gasteiger partial charge < -0.3 is 20.1 Å². The van der Waals surface area contributed by atoms with E-state index in [0.29, 0.717) is 30.7 Å². The van der Waals surface area contributed by atoms with Crippen molar-refractivity contribution in [2.45, 2.75) is 38.1 Å². The summed E-state index contributed by atoms with van der Waals surface area (Å²) in [7, 11) is 1.60. The molecule has 1 aliphatic rings. The van der Waals surface area contributed by atoms with Crippen LogP contribution in [0, 0.1) is 0 Å². The highest BCUT2D eigenvalue weighted by atomic mass is 32.1. The first-order chi connectivity index (χ1) is 12.0. The Labute approximate surface area is 148 Å². The lowest BCUT2D eigenvalue weighted by Crippen LogP contribution is -2.37. The van der Waals surface area contributed by atoms with Crippen molar-refractivity contribution >= 4 is 17.3 Å². The van der Waals surface area contributed by atoms with E-state index in [4.69, 9.17) is 9.47 Å². The zero-order valence-corrected chi connectivity index (χ0v) is 14.9. The standard InChI is InChI=1S/C15H23F3N4O2S/c1-19-14(20-5-3-6-23-9-11-4-2-7-24-11)21-8-13-22-12(10-25-13)15(16,17)18/h10-11H,2-9H2,1H3,(H2,19,20,21). The number of ether oxygens (including phenoxy) is 2. The van der Waals surface area contributed by atoms with Gasteiger partial charge in [0.25, 0.3) is 0 Å². The molecule has 25 heavy (non-hydrogen) atoms. The van der Waals surface area contributed by atoms with Gasteiger partial charge >= 0.3 is 6.18 Å². The van der Waals surface area contributed by atoms with Gasteiger partial charge in [0.05, 0.1) is 19.3 Å². The second kappa shape index (κ2) is 9.93. The lowest BCUT2D eigenvalue weighted by atomic mass is 10.2. The van der Waals surface area contributed by atoms with Gasteiger partial charge in [-0.1, -0.05) is 0 Å². The van der Waals surface area contributed by atoms with E-state index in [1.807, 2.05) is 0 Å². The van der Waals surface area contributed by atoms with Crippen molar-refractivity contribution in [3.63, 3.8) is 0 Å². The smallest absolute Gasteiger partial charge is 0.379 e. The summed E-state index contributed by atoms with van der Waals surface area (Å²) >= 11 is 0.968. The van der Waals surface area contributed by atoms with Gasteiger partial charge in [-0.05, 0) is 19.3 Å². The van der Waals surface area contributed by atoms with E-state index in [9.17, 15) is 13.2 Å². The quantitative estimate of drug-likeness (QED) is 0.412. The number of nitrogens with one attached hydrogen (secondary N) is 2. The lowest BCUT2D eigenvalue weighted by Gasteiger charge is -2.12. The van der Waals surface area contributed by atoms with E-state index in [0.717, 1.165) is 42.6 Å². The maximum Gasteiger partial charge on any atom is 0.434 e. The molecule has 0 radical (unpaired) electrons. The highest BCUT2D eigenvalue weighted by Gasteiger charge is 2.33. The predicted molar refractivity (Wildman–Crippen MR) is 89.7 cm³/mol. The van der Waals surface area contributed by atoms with Gasteiger partial charge in [0, 0.05) is 32.2 Å². The van der Waals surface area contributed by atoms with Crippen molar-refractivity contribution < 1.29 is 22.6 Å². The van der Waals surface area contributed by atoms with Crippen LogP contribution in [0.1, 0.15) is 30.0 Å². The number of guanidine groups is 1. The molecular weight excluding hydrogens is 357 g/mol. The topological polar surface area (TPSA) is 67.8 Å². The third-order valence-corrected chi connectivity index (χ3v) is 4.41. The summed E-state index contributed by atoms with van der Waals surface area (Å²) in [6.07, 6.45) is -1.23. The fourth-order valence-corrected chi connectivity index (χ4v) is 3.01. The van der Waals surface area contributed by atoms with Crippen molar-refractivity contribution in [3.05, 3.63) is 16.1 Å². The molecule has 2 heterocycles. The molecule has 1 unspecified atom stereocenters. The maximum absolute atomic E-state index is 12.5. The number of hydrogen-bond acceptors (Lipinski definition) is 5. The first kappa shape index (κ1) is 19.9. The Balaban J connectivity index is 1.58. The Morgan fingerprint density at radius 3 is 2.96 bits per heavy atom. The molecule has 142 valence electrons. The van der Waals surface area contributed by atoms with E-state index < -0.39 is 11.9 Å². The SMILES string of the molecule is CN=C(NCCCOCC1CCCO1)NCc1nc(C(F)(F)F)cs1. The van der Waals surface area contributed by atoms with Crippen LogP contribution in [0.2, 0.25) is 0 Å². The first-order valence-corrected chi connectivity index (χ1v) is 9.02. The monoisotopic (exact) mass is 380 g/mol. The van der Waals surface area contributed by atoms with E-state index in [1.54, 1.807) is 7.05 Å². The molecule has 0 amide bonds. The minimum atomic E-state index is -4.40. The predicted octanol–water partition coefficient (Wildman–Crippen LogP) is 2.41. The highest BCUT2D eigenvalue weighted by molar-refractivity contribution is 7.09. The van der Waals surface area contributed by atoms with Gasteiger partial charge in [-0.25, -0.2) is 4.98 Å². The third-order valence-electron chi connectivity index (χ3n) is 3.56. The van der Waals surface area contributed by atoms with Crippen LogP contribution in [0.15, 0.2) is 10.4 Å². The maximum atomic E-state index is 12.5. The van der Waals surface area contributed by atoms with Gasteiger partial charge in [-0.15, -0.1) is 11.3 Å². The van der Waals surface area contributed by atoms with Gasteiger partial charge in [0.2, 0.25) is 0 Å². The fourth-order valence-electron chi connectivity index (χ4n) is 2.27. The zero-order valence-electron chi connectivity index (χ0n) is 14.1. The highest BCUT2D eigenvalue weighted by Crippen LogP contribution is 2.29. The molecule has 0 saturated carbocycles. The molecule has 1 aromatic rings. The van der Waals surface area contributed by atoms with E-state index in [-0.39, 0.29) is 12.6 Å². The number of hydrogen-bond donors (Lipinski definition) is 2. The molecule has 0 spiro atoms. The van der Waals surface area contributed by atoms with E-state index in [1.165, 1.54) is 0 Å². The van der Waals surface area contributed by atoms with E-state index in [2.05, 4.69) is 20.6 Å². The molecular formula is C15H23F3N4O2S. The summed E-state index contributed by atoms with van der Waals surface area (Å²) in [6, 6.07) is 0. The number of alkyl halides is 3. The summed E-state index contributed by atoms with van der Waals surface area (Å²) in [5.74, 6) is 0.517. The van der Waals surface area contributed by atoms with Crippen LogP contribution in [0.3, 0.4) is 0 Å². The minimum Gasteiger partial charge on any atom is -0.379 e. The molecule has 1 fully saturated rings. The van der Waals surface area contributed by atoms with Gasteiger partial charge in [-0.3, -0.25) is 4.99 Å². The molecule has 1 aromatic heterocycles. The second-order valence-corrected chi connectivity index (χ2v) is 6.48. The van der Waals surface area contributed by atoms with Crippen molar-refractivity contribution in [2.24, 2.45) is 4.99 Å². The summed E-state index contributed by atoms with van der Waals surface area (Å²) < 4.78 is 48.5. The van der Waals surface area contributed by atoms with Crippen LogP contribution >= 0.6 is 11.3 Å². The number of thiazole rings is 1. The molecule has 1 atom stereocenters. The summed E-state index contributed by atoms with van der Waals surface area (Å²) in [4.78, 5) is 7.59. The average Bonchev–Trinajstić information content (AvgIpc) is 3.24. The van der Waals surface area contributed by atoms with Crippen LogP contribution in [0.25, 0.3) is 0 Å². The van der Waals surface area contributed by atoms with Crippen LogP contribution in [0.4, 0.5) is 13.2 Å². The van der Waals surface area contributed by atoms with Gasteiger partial charge in [-0.2, -0.15) is 13.2 Å². The first-order valence-electron chi connectivity index (χ1n) is 8.14.